The van der Waals surface area contributed by atoms with E-state index >= 15 is 0 Å². The van der Waals surface area contributed by atoms with Crippen LogP contribution in [-0.2, 0) is 0 Å². The number of ether oxygens (including phenoxy) is 2. The third-order valence-corrected chi connectivity index (χ3v) is 5.82. The van der Waals surface area contributed by atoms with Gasteiger partial charge in [-0.25, -0.2) is 0 Å². The van der Waals surface area contributed by atoms with Crippen LogP contribution in [0, 0.1) is 5.92 Å². The van der Waals surface area contributed by atoms with E-state index in [1.165, 1.54) is 5.56 Å². The van der Waals surface area contributed by atoms with E-state index < -0.39 is 0 Å². The summed E-state index contributed by atoms with van der Waals surface area (Å²) in [6, 6.07) is 12.0. The zero-order valence-electron chi connectivity index (χ0n) is 16.8. The summed E-state index contributed by atoms with van der Waals surface area (Å²) in [5.74, 6) is 1.97. The molecule has 1 aliphatic carbocycles. The van der Waals surface area contributed by atoms with Crippen LogP contribution in [0.5, 0.6) is 11.5 Å². The lowest BCUT2D eigenvalue weighted by Crippen LogP contribution is -2.32. The summed E-state index contributed by atoms with van der Waals surface area (Å²) < 4.78 is 10.9. The molecule has 29 heavy (non-hydrogen) atoms. The fourth-order valence-electron chi connectivity index (χ4n) is 4.45. The Morgan fingerprint density at radius 1 is 1.24 bits per heavy atom. The summed E-state index contributed by atoms with van der Waals surface area (Å²) in [6.07, 6.45) is 7.18. The van der Waals surface area contributed by atoms with Crippen molar-refractivity contribution in [3.63, 3.8) is 0 Å². The first-order valence-corrected chi connectivity index (χ1v) is 9.85. The minimum absolute atomic E-state index is 0.0654. The zero-order chi connectivity index (χ0) is 20.4. The molecule has 150 valence electrons. The predicted octanol–water partition coefficient (Wildman–Crippen LogP) is 4.45. The lowest BCUT2D eigenvalue weighted by molar-refractivity contribution is 0.0958. The van der Waals surface area contributed by atoms with Crippen molar-refractivity contribution in [2.24, 2.45) is 5.92 Å². The Morgan fingerprint density at radius 3 is 2.83 bits per heavy atom. The average Bonchev–Trinajstić information content (AvgIpc) is 3.26. The van der Waals surface area contributed by atoms with Crippen LogP contribution in [0.1, 0.15) is 39.9 Å². The second-order valence-corrected chi connectivity index (χ2v) is 7.36. The van der Waals surface area contributed by atoms with Gasteiger partial charge in [-0.15, -0.1) is 6.58 Å². The maximum absolute atomic E-state index is 12.7. The monoisotopic (exact) mass is 390 g/mol. The Bertz CT molecular complexity index is 967. The second kappa shape index (κ2) is 8.03. The molecule has 5 heteroatoms. The van der Waals surface area contributed by atoms with Crippen LogP contribution in [-0.4, -0.2) is 26.7 Å². The smallest absolute Gasteiger partial charge is 0.253 e. The Hall–Kier alpha value is -3.21. The van der Waals surface area contributed by atoms with Crippen LogP contribution >= 0.6 is 0 Å². The summed E-state index contributed by atoms with van der Waals surface area (Å²) in [5, 5.41) is 6.57. The number of para-hydroxylation sites is 1. The van der Waals surface area contributed by atoms with Crippen LogP contribution in [0.15, 0.2) is 61.2 Å². The first-order valence-electron chi connectivity index (χ1n) is 9.85. The molecule has 4 rings (SSSR count). The highest BCUT2D eigenvalue weighted by molar-refractivity contribution is 6.00. The largest absolute Gasteiger partial charge is 0.493 e. The van der Waals surface area contributed by atoms with E-state index in [9.17, 15) is 4.79 Å². The highest BCUT2D eigenvalue weighted by atomic mass is 16.5. The average molecular weight is 390 g/mol. The normalized spacial score (nSPS) is 21.5. The lowest BCUT2D eigenvalue weighted by Gasteiger charge is -2.38. The van der Waals surface area contributed by atoms with E-state index in [0.717, 1.165) is 17.7 Å². The molecule has 1 heterocycles. The molecule has 0 saturated carbocycles. The molecular formula is C24H26N2O3. The number of methoxy groups -OCH3 is 2. The first kappa shape index (κ1) is 19.1. The second-order valence-electron chi connectivity index (χ2n) is 7.36. The zero-order valence-corrected chi connectivity index (χ0v) is 16.8. The minimum atomic E-state index is -0.0965. The SMILES string of the molecule is C=CCNC(=O)c1cccc2c1NC(c1ccc(OC)c(OC)c1)C1CC=CC21. The van der Waals surface area contributed by atoms with Gasteiger partial charge in [-0.1, -0.05) is 36.4 Å². The van der Waals surface area contributed by atoms with Gasteiger partial charge >= 0.3 is 0 Å². The summed E-state index contributed by atoms with van der Waals surface area (Å²) in [4.78, 5) is 12.7. The van der Waals surface area contributed by atoms with Crippen molar-refractivity contribution in [1.82, 2.24) is 5.32 Å². The van der Waals surface area contributed by atoms with E-state index in [-0.39, 0.29) is 17.9 Å². The number of fused-ring (bicyclic) bond motifs is 3. The molecule has 1 amide bonds. The fraction of sp³-hybridized carbons (Fsp3) is 0.292. The number of nitrogens with one attached hydrogen (secondary N) is 2. The molecule has 0 spiro atoms. The Labute approximate surface area is 171 Å². The Kier molecular flexibility index (Phi) is 5.30. The molecular weight excluding hydrogens is 364 g/mol. The quantitative estimate of drug-likeness (QED) is 0.716. The maximum atomic E-state index is 12.7. The maximum Gasteiger partial charge on any atom is 0.253 e. The number of amides is 1. The molecule has 0 saturated heterocycles. The number of allylic oxidation sites excluding steroid dienone is 2. The van der Waals surface area contributed by atoms with E-state index in [1.807, 2.05) is 24.3 Å². The fourth-order valence-corrected chi connectivity index (χ4v) is 4.45. The van der Waals surface area contributed by atoms with Crippen molar-refractivity contribution < 1.29 is 14.3 Å². The Morgan fingerprint density at radius 2 is 2.07 bits per heavy atom. The molecule has 3 unspecified atom stereocenters. The summed E-state index contributed by atoms with van der Waals surface area (Å²) in [6.45, 7) is 4.12. The number of carbonyl (C=O) groups is 1. The number of rotatable bonds is 6. The molecule has 0 fully saturated rings. The highest BCUT2D eigenvalue weighted by Gasteiger charge is 2.39. The van der Waals surface area contributed by atoms with E-state index in [1.54, 1.807) is 20.3 Å². The molecule has 1 aliphatic heterocycles. The van der Waals surface area contributed by atoms with Crippen LogP contribution in [0.3, 0.4) is 0 Å². The van der Waals surface area contributed by atoms with Gasteiger partial charge in [0.05, 0.1) is 31.5 Å². The number of hydrogen-bond acceptors (Lipinski definition) is 4. The highest BCUT2D eigenvalue weighted by Crippen LogP contribution is 2.51. The van der Waals surface area contributed by atoms with E-state index in [0.29, 0.717) is 29.5 Å². The predicted molar refractivity (Wildman–Crippen MR) is 115 cm³/mol. The summed E-state index contributed by atoms with van der Waals surface area (Å²) in [7, 11) is 3.28. The van der Waals surface area contributed by atoms with Crippen molar-refractivity contribution in [1.29, 1.82) is 0 Å². The van der Waals surface area contributed by atoms with Crippen LogP contribution < -0.4 is 20.1 Å². The lowest BCUT2D eigenvalue weighted by atomic mass is 9.76. The molecule has 2 aromatic carbocycles. The molecule has 3 atom stereocenters. The molecule has 2 N–H and O–H groups in total. The topological polar surface area (TPSA) is 59.6 Å². The molecule has 0 aromatic heterocycles. The van der Waals surface area contributed by atoms with Gasteiger partial charge in [-0.05, 0) is 41.7 Å². The number of benzene rings is 2. The molecule has 2 aromatic rings. The van der Waals surface area contributed by atoms with Crippen LogP contribution in [0.4, 0.5) is 5.69 Å². The molecule has 2 aliphatic rings. The Balaban J connectivity index is 1.76. The molecule has 0 bridgehead atoms. The van der Waals surface area contributed by atoms with Crippen molar-refractivity contribution in [2.45, 2.75) is 18.4 Å². The van der Waals surface area contributed by atoms with Crippen molar-refractivity contribution in [2.75, 3.05) is 26.1 Å². The van der Waals surface area contributed by atoms with Gasteiger partial charge in [-0.3, -0.25) is 4.79 Å². The van der Waals surface area contributed by atoms with Gasteiger partial charge in [0.15, 0.2) is 11.5 Å². The number of anilines is 1. The number of hydrogen-bond donors (Lipinski definition) is 2. The first-order chi connectivity index (χ1) is 14.2. The summed E-state index contributed by atoms with van der Waals surface area (Å²) >= 11 is 0. The summed E-state index contributed by atoms with van der Waals surface area (Å²) in [5.41, 5.74) is 3.86. The molecule has 0 radical (unpaired) electrons. The van der Waals surface area contributed by atoms with Crippen LogP contribution in [0.2, 0.25) is 0 Å². The van der Waals surface area contributed by atoms with Crippen LogP contribution in [0.25, 0.3) is 0 Å². The molecule has 5 nitrogen and oxygen atoms in total. The number of carbonyl (C=O) groups excluding carboxylic acids is 1. The van der Waals surface area contributed by atoms with Gasteiger partial charge in [0.25, 0.3) is 5.91 Å². The van der Waals surface area contributed by atoms with E-state index in [2.05, 4.69) is 41.5 Å². The standard InChI is InChI=1S/C24H26N2O3/c1-4-13-25-24(27)19-10-6-9-18-16-7-5-8-17(16)22(26-23(18)19)15-11-12-20(28-2)21(14-15)29-3/h4-7,9-12,14,16-17,22,26H,1,8,13H2,2-3H3,(H,25,27). The van der Waals surface area contributed by atoms with Gasteiger partial charge in [0.1, 0.15) is 0 Å². The van der Waals surface area contributed by atoms with Crippen molar-refractivity contribution >= 4 is 11.6 Å². The van der Waals surface area contributed by atoms with Gasteiger partial charge in [-0.2, -0.15) is 0 Å². The van der Waals surface area contributed by atoms with E-state index in [4.69, 9.17) is 9.47 Å². The third-order valence-electron chi connectivity index (χ3n) is 5.82. The third kappa shape index (κ3) is 3.37. The van der Waals surface area contributed by atoms with Crippen molar-refractivity contribution in [3.8, 4) is 11.5 Å². The van der Waals surface area contributed by atoms with Crippen molar-refractivity contribution in [3.05, 3.63) is 77.9 Å². The minimum Gasteiger partial charge on any atom is -0.493 e. The van der Waals surface area contributed by atoms with Gasteiger partial charge in [0.2, 0.25) is 0 Å². The van der Waals surface area contributed by atoms with Gasteiger partial charge in [0, 0.05) is 12.5 Å². The van der Waals surface area contributed by atoms with Gasteiger partial charge < -0.3 is 20.1 Å².